The second kappa shape index (κ2) is 6.79. The summed E-state index contributed by atoms with van der Waals surface area (Å²) in [4.78, 5) is 14.0. The van der Waals surface area contributed by atoms with E-state index in [2.05, 4.69) is 13.8 Å². The molecule has 1 aromatic carbocycles. The Hall–Kier alpha value is -1.07. The number of benzene rings is 1. The number of aryl methyl sites for hydroxylation is 1. The third kappa shape index (κ3) is 4.71. The molecule has 118 valence electrons. The number of amides is 1. The van der Waals surface area contributed by atoms with Gasteiger partial charge in [0.1, 0.15) is 0 Å². The molecule has 0 atom stereocenters. The van der Waals surface area contributed by atoms with Gasteiger partial charge >= 0.3 is 0 Å². The Bertz CT molecular complexity index is 639. The van der Waals surface area contributed by atoms with Crippen LogP contribution in [-0.4, -0.2) is 32.8 Å². The van der Waals surface area contributed by atoms with Gasteiger partial charge in [-0.25, -0.2) is 8.42 Å². The number of halogens is 1. The molecular formula is C15H22ClNO3S. The molecule has 0 bridgehead atoms. The highest BCUT2D eigenvalue weighted by Gasteiger charge is 2.20. The summed E-state index contributed by atoms with van der Waals surface area (Å²) in [5.41, 5.74) is 1.66. The van der Waals surface area contributed by atoms with Crippen molar-refractivity contribution in [1.29, 1.82) is 0 Å². The zero-order chi connectivity index (χ0) is 16.4. The topological polar surface area (TPSA) is 54.5 Å². The van der Waals surface area contributed by atoms with E-state index in [1.54, 1.807) is 31.9 Å². The minimum absolute atomic E-state index is 0.00442. The maximum absolute atomic E-state index is 12.4. The summed E-state index contributed by atoms with van der Waals surface area (Å²) < 4.78 is 23.2. The van der Waals surface area contributed by atoms with Crippen molar-refractivity contribution in [3.05, 3.63) is 28.8 Å². The maximum atomic E-state index is 12.4. The Labute approximate surface area is 131 Å². The van der Waals surface area contributed by atoms with Crippen molar-refractivity contribution in [2.24, 2.45) is 5.92 Å². The van der Waals surface area contributed by atoms with Crippen molar-refractivity contribution in [2.75, 3.05) is 13.6 Å². The average molecular weight is 332 g/mol. The molecule has 1 rings (SSSR count). The van der Waals surface area contributed by atoms with Gasteiger partial charge in [-0.1, -0.05) is 13.8 Å². The normalized spacial score (nSPS) is 11.8. The standard InChI is InChI=1S/C15H22ClNO3S/c1-10(2)6-7-17(5)15(18)13-8-11(3)12(4)14(9-13)21(16,19)20/h8-10H,6-7H2,1-5H3. The molecule has 0 spiro atoms. The van der Waals surface area contributed by atoms with Gasteiger partial charge in [0, 0.05) is 29.8 Å². The van der Waals surface area contributed by atoms with Gasteiger partial charge in [-0.05, 0) is 49.4 Å². The van der Waals surface area contributed by atoms with Crippen LogP contribution in [0, 0.1) is 19.8 Å². The van der Waals surface area contributed by atoms with Gasteiger partial charge in [-0.2, -0.15) is 0 Å². The smallest absolute Gasteiger partial charge is 0.261 e. The molecule has 21 heavy (non-hydrogen) atoms. The fourth-order valence-corrected chi connectivity index (χ4v) is 3.25. The van der Waals surface area contributed by atoms with Crippen molar-refractivity contribution >= 4 is 25.6 Å². The average Bonchev–Trinajstić information content (AvgIpc) is 2.36. The largest absolute Gasteiger partial charge is 0.342 e. The van der Waals surface area contributed by atoms with Crippen LogP contribution in [0.15, 0.2) is 17.0 Å². The summed E-state index contributed by atoms with van der Waals surface area (Å²) in [6.07, 6.45) is 0.897. The molecule has 6 heteroatoms. The summed E-state index contributed by atoms with van der Waals surface area (Å²) in [6.45, 7) is 8.26. The Balaban J connectivity index is 3.14. The first-order valence-corrected chi connectivity index (χ1v) is 9.16. The fourth-order valence-electron chi connectivity index (χ4n) is 1.98. The fraction of sp³-hybridized carbons (Fsp3) is 0.533. The third-order valence-corrected chi connectivity index (χ3v) is 4.97. The number of carbonyl (C=O) groups excluding carboxylic acids is 1. The van der Waals surface area contributed by atoms with Crippen LogP contribution in [0.2, 0.25) is 0 Å². The molecule has 0 aliphatic heterocycles. The molecule has 0 saturated heterocycles. The monoisotopic (exact) mass is 331 g/mol. The van der Waals surface area contributed by atoms with Gasteiger partial charge in [0.25, 0.3) is 15.0 Å². The quantitative estimate of drug-likeness (QED) is 0.777. The SMILES string of the molecule is Cc1cc(C(=O)N(C)CCC(C)C)cc(S(=O)(=O)Cl)c1C. The molecule has 0 heterocycles. The number of nitrogens with zero attached hydrogens (tertiary/aromatic N) is 1. The molecule has 0 saturated carbocycles. The zero-order valence-corrected chi connectivity index (χ0v) is 14.7. The predicted octanol–water partition coefficient (Wildman–Crippen LogP) is 3.35. The zero-order valence-electron chi connectivity index (χ0n) is 13.1. The van der Waals surface area contributed by atoms with Crippen molar-refractivity contribution in [1.82, 2.24) is 4.90 Å². The summed E-state index contributed by atoms with van der Waals surface area (Å²) in [5, 5.41) is 0. The number of carbonyl (C=O) groups is 1. The molecule has 1 aromatic rings. The Morgan fingerprint density at radius 1 is 1.29 bits per heavy atom. The van der Waals surface area contributed by atoms with E-state index in [0.29, 0.717) is 23.6 Å². The molecule has 0 aliphatic carbocycles. The lowest BCUT2D eigenvalue weighted by molar-refractivity contribution is 0.0789. The molecule has 0 aliphatic rings. The lowest BCUT2D eigenvalue weighted by Gasteiger charge is -2.19. The number of rotatable bonds is 5. The highest BCUT2D eigenvalue weighted by molar-refractivity contribution is 8.13. The second-order valence-corrected chi connectivity index (χ2v) is 8.30. The first-order chi connectivity index (χ1) is 9.54. The first-order valence-electron chi connectivity index (χ1n) is 6.85. The minimum atomic E-state index is -3.86. The van der Waals surface area contributed by atoms with E-state index >= 15 is 0 Å². The molecule has 0 fully saturated rings. The van der Waals surface area contributed by atoms with E-state index in [1.165, 1.54) is 6.07 Å². The van der Waals surface area contributed by atoms with E-state index in [0.717, 1.165) is 12.0 Å². The van der Waals surface area contributed by atoms with Gasteiger partial charge in [0.15, 0.2) is 0 Å². The maximum Gasteiger partial charge on any atom is 0.261 e. The van der Waals surface area contributed by atoms with Crippen LogP contribution in [-0.2, 0) is 9.05 Å². The number of hydrogen-bond acceptors (Lipinski definition) is 3. The minimum Gasteiger partial charge on any atom is -0.342 e. The lowest BCUT2D eigenvalue weighted by atomic mass is 10.0. The van der Waals surface area contributed by atoms with Crippen LogP contribution in [0.5, 0.6) is 0 Å². The molecule has 1 amide bonds. The highest BCUT2D eigenvalue weighted by atomic mass is 35.7. The van der Waals surface area contributed by atoms with E-state index in [9.17, 15) is 13.2 Å². The van der Waals surface area contributed by atoms with Crippen LogP contribution < -0.4 is 0 Å². The summed E-state index contributed by atoms with van der Waals surface area (Å²) in [5.74, 6) is 0.305. The molecule has 0 unspecified atom stereocenters. The predicted molar refractivity (Wildman–Crippen MR) is 85.4 cm³/mol. The van der Waals surface area contributed by atoms with Crippen molar-refractivity contribution in [3.8, 4) is 0 Å². The van der Waals surface area contributed by atoms with Crippen molar-refractivity contribution in [2.45, 2.75) is 39.0 Å². The Morgan fingerprint density at radius 3 is 2.33 bits per heavy atom. The molecule has 0 radical (unpaired) electrons. The summed E-state index contributed by atoms with van der Waals surface area (Å²) in [7, 11) is 3.30. The van der Waals surface area contributed by atoms with Gasteiger partial charge < -0.3 is 4.90 Å². The van der Waals surface area contributed by atoms with Crippen LogP contribution >= 0.6 is 10.7 Å². The van der Waals surface area contributed by atoms with Gasteiger partial charge in [0.2, 0.25) is 0 Å². The second-order valence-electron chi connectivity index (χ2n) is 5.76. The molecule has 0 N–H and O–H groups in total. The van der Waals surface area contributed by atoms with Crippen LogP contribution in [0.1, 0.15) is 41.8 Å². The molecule has 0 aromatic heterocycles. The van der Waals surface area contributed by atoms with Crippen LogP contribution in [0.4, 0.5) is 0 Å². The van der Waals surface area contributed by atoms with E-state index < -0.39 is 9.05 Å². The molecule has 4 nitrogen and oxygen atoms in total. The molecular weight excluding hydrogens is 310 g/mol. The van der Waals surface area contributed by atoms with Crippen LogP contribution in [0.25, 0.3) is 0 Å². The van der Waals surface area contributed by atoms with E-state index in [1.807, 2.05) is 0 Å². The summed E-state index contributed by atoms with van der Waals surface area (Å²) >= 11 is 0. The van der Waals surface area contributed by atoms with Gasteiger partial charge in [-0.15, -0.1) is 0 Å². The Morgan fingerprint density at radius 2 is 1.86 bits per heavy atom. The lowest BCUT2D eigenvalue weighted by Crippen LogP contribution is -2.28. The first kappa shape index (κ1) is 18.0. The van der Waals surface area contributed by atoms with Crippen molar-refractivity contribution < 1.29 is 13.2 Å². The van der Waals surface area contributed by atoms with Gasteiger partial charge in [-0.3, -0.25) is 4.79 Å². The van der Waals surface area contributed by atoms with Crippen molar-refractivity contribution in [3.63, 3.8) is 0 Å². The highest BCUT2D eigenvalue weighted by Crippen LogP contribution is 2.24. The van der Waals surface area contributed by atoms with E-state index in [4.69, 9.17) is 10.7 Å². The van der Waals surface area contributed by atoms with Gasteiger partial charge in [0.05, 0.1) is 4.90 Å². The third-order valence-electron chi connectivity index (χ3n) is 3.52. The van der Waals surface area contributed by atoms with Crippen LogP contribution in [0.3, 0.4) is 0 Å². The van der Waals surface area contributed by atoms with E-state index in [-0.39, 0.29) is 10.8 Å². The number of hydrogen-bond donors (Lipinski definition) is 0. The Kier molecular flexibility index (Phi) is 5.82. The summed E-state index contributed by atoms with van der Waals surface area (Å²) in [6, 6.07) is 3.06.